The summed E-state index contributed by atoms with van der Waals surface area (Å²) in [6.45, 7) is 0. The number of aromatic hydroxyl groups is 1. The van der Waals surface area contributed by atoms with Gasteiger partial charge in [-0.25, -0.2) is 0 Å². The van der Waals surface area contributed by atoms with Crippen molar-refractivity contribution in [3.8, 4) is 17.2 Å². The van der Waals surface area contributed by atoms with Crippen LogP contribution in [0, 0.1) is 0 Å². The number of hydrogen-bond donors (Lipinski definition) is 2. The van der Waals surface area contributed by atoms with Crippen LogP contribution >= 0.6 is 0 Å². The molecule has 5 rings (SSSR count). The minimum absolute atomic E-state index is 0.0916. The van der Waals surface area contributed by atoms with Gasteiger partial charge in [0, 0.05) is 28.8 Å². The Morgan fingerprint density at radius 1 is 1.19 bits per heavy atom. The van der Waals surface area contributed by atoms with Crippen molar-refractivity contribution in [3.05, 3.63) is 58.7 Å². The standard InChI is InChI=1S/C25H22F3N3O5/c1-35-30-23(29-12-32)13-5-8-17-20(11-13)36-22-18(3-2-4-19(22)33)21(17)14-9-15-6-7-16(10-14)31(15)24(34)25(26,27)28/h2-5,8,11-12,15-16,33H,6-7,9-10H2,1H3,(H,29,30,32). The first-order valence-corrected chi connectivity index (χ1v) is 11.3. The van der Waals surface area contributed by atoms with E-state index in [4.69, 9.17) is 9.57 Å². The molecule has 2 aromatic carbocycles. The Morgan fingerprint density at radius 3 is 2.56 bits per heavy atom. The number of oxime groups is 1. The molecule has 2 amide bonds. The van der Waals surface area contributed by atoms with Crippen molar-refractivity contribution in [3.63, 3.8) is 0 Å². The summed E-state index contributed by atoms with van der Waals surface area (Å²) in [5.41, 5.74) is 3.45. The highest BCUT2D eigenvalue weighted by molar-refractivity contribution is 6.04. The molecule has 2 N–H and O–H groups in total. The Bertz CT molecular complexity index is 1290. The number of amidine groups is 1. The van der Waals surface area contributed by atoms with Crippen LogP contribution in [0.2, 0.25) is 0 Å². The van der Waals surface area contributed by atoms with E-state index in [1.165, 1.54) is 13.2 Å². The van der Waals surface area contributed by atoms with Gasteiger partial charge in [0.15, 0.2) is 17.3 Å². The average molecular weight is 501 g/mol. The molecule has 2 atom stereocenters. The quantitative estimate of drug-likeness (QED) is 0.244. The lowest BCUT2D eigenvalue weighted by Gasteiger charge is -2.38. The summed E-state index contributed by atoms with van der Waals surface area (Å²) in [7, 11) is 1.34. The van der Waals surface area contributed by atoms with Gasteiger partial charge in [-0.05, 0) is 49.5 Å². The molecular weight excluding hydrogens is 479 g/mol. The fourth-order valence-electron chi connectivity index (χ4n) is 5.43. The SMILES string of the molecule is CO/N=C(\NC=O)c1ccc2c(c1)Oc1c(O)cccc1C2=C1CC2CCC(C1)N2C(=O)C(F)(F)F. The number of para-hydroxylation sites is 1. The molecule has 8 nitrogen and oxygen atoms in total. The maximum Gasteiger partial charge on any atom is 0.471 e. The fourth-order valence-corrected chi connectivity index (χ4v) is 5.43. The molecule has 3 aliphatic heterocycles. The average Bonchev–Trinajstić information content (AvgIpc) is 3.10. The molecule has 2 bridgehead atoms. The number of phenols is 1. The summed E-state index contributed by atoms with van der Waals surface area (Å²) in [5, 5.41) is 16.8. The zero-order valence-electron chi connectivity index (χ0n) is 19.1. The summed E-state index contributed by atoms with van der Waals surface area (Å²) < 4.78 is 45.7. The van der Waals surface area contributed by atoms with Crippen molar-refractivity contribution in [2.24, 2.45) is 5.16 Å². The lowest BCUT2D eigenvalue weighted by molar-refractivity contribution is -0.189. The van der Waals surface area contributed by atoms with Crippen LogP contribution in [0.5, 0.6) is 17.2 Å². The molecule has 0 spiro atoms. The van der Waals surface area contributed by atoms with Gasteiger partial charge in [0.2, 0.25) is 6.41 Å². The number of ether oxygens (including phenoxy) is 1. The summed E-state index contributed by atoms with van der Waals surface area (Å²) in [6.07, 6.45) is -2.90. The normalized spacial score (nSPS) is 20.9. The number of fused-ring (bicyclic) bond motifs is 4. The number of benzene rings is 2. The lowest BCUT2D eigenvalue weighted by atomic mass is 9.83. The van der Waals surface area contributed by atoms with Gasteiger partial charge in [-0.2, -0.15) is 13.2 Å². The van der Waals surface area contributed by atoms with E-state index in [9.17, 15) is 27.9 Å². The molecular formula is C25H22F3N3O5. The third-order valence-corrected chi connectivity index (χ3v) is 6.79. The second-order valence-corrected chi connectivity index (χ2v) is 8.83. The van der Waals surface area contributed by atoms with E-state index in [1.54, 1.807) is 30.3 Å². The van der Waals surface area contributed by atoms with Crippen LogP contribution in [0.3, 0.4) is 0 Å². The third-order valence-electron chi connectivity index (χ3n) is 6.79. The third kappa shape index (κ3) is 3.94. The van der Waals surface area contributed by atoms with Crippen LogP contribution in [-0.2, 0) is 14.4 Å². The van der Waals surface area contributed by atoms with E-state index in [0.717, 1.165) is 16.0 Å². The van der Waals surface area contributed by atoms with Crippen LogP contribution in [0.25, 0.3) is 5.57 Å². The minimum atomic E-state index is -4.91. The molecule has 3 heterocycles. The molecule has 0 aliphatic carbocycles. The maximum atomic E-state index is 13.2. The molecule has 188 valence electrons. The van der Waals surface area contributed by atoms with Gasteiger partial charge in [-0.15, -0.1) is 0 Å². The van der Waals surface area contributed by atoms with Gasteiger partial charge in [0.1, 0.15) is 12.9 Å². The largest absolute Gasteiger partial charge is 0.504 e. The van der Waals surface area contributed by atoms with Gasteiger partial charge in [0.25, 0.3) is 0 Å². The number of carbonyl (C=O) groups is 2. The highest BCUT2D eigenvalue weighted by Gasteiger charge is 2.51. The summed E-state index contributed by atoms with van der Waals surface area (Å²) in [5.74, 6) is -1.14. The first kappa shape index (κ1) is 23.7. The van der Waals surface area contributed by atoms with E-state index in [0.29, 0.717) is 41.7 Å². The number of carbonyl (C=O) groups excluding carboxylic acids is 2. The Labute approximate surface area is 204 Å². The van der Waals surface area contributed by atoms with Crippen LogP contribution in [0.4, 0.5) is 13.2 Å². The van der Waals surface area contributed by atoms with Crippen LogP contribution < -0.4 is 10.1 Å². The van der Waals surface area contributed by atoms with Gasteiger partial charge < -0.3 is 24.9 Å². The van der Waals surface area contributed by atoms with Gasteiger partial charge in [-0.3, -0.25) is 9.59 Å². The van der Waals surface area contributed by atoms with Gasteiger partial charge in [-0.1, -0.05) is 28.9 Å². The van der Waals surface area contributed by atoms with Crippen LogP contribution in [0.15, 0.2) is 47.1 Å². The Morgan fingerprint density at radius 2 is 1.92 bits per heavy atom. The van der Waals surface area contributed by atoms with Crippen LogP contribution in [-0.4, -0.2) is 53.5 Å². The second-order valence-electron chi connectivity index (χ2n) is 8.83. The first-order valence-electron chi connectivity index (χ1n) is 11.3. The van der Waals surface area contributed by atoms with Gasteiger partial charge in [0.05, 0.1) is 0 Å². The van der Waals surface area contributed by atoms with Crippen molar-refractivity contribution < 1.29 is 37.4 Å². The summed E-state index contributed by atoms with van der Waals surface area (Å²) in [6, 6.07) is 8.95. The smallest absolute Gasteiger partial charge is 0.471 e. The number of alkyl halides is 3. The molecule has 2 unspecified atom stereocenters. The predicted molar refractivity (Wildman–Crippen MR) is 122 cm³/mol. The molecule has 36 heavy (non-hydrogen) atoms. The molecule has 2 saturated heterocycles. The number of phenolic OH excluding ortho intramolecular Hbond substituents is 1. The monoisotopic (exact) mass is 501 g/mol. The number of halogens is 3. The van der Waals surface area contributed by atoms with E-state index in [-0.39, 0.29) is 30.2 Å². The molecule has 3 aliphatic rings. The highest BCUT2D eigenvalue weighted by Crippen LogP contribution is 2.52. The number of amides is 2. The molecule has 11 heteroatoms. The van der Waals surface area contributed by atoms with Crippen LogP contribution in [0.1, 0.15) is 42.4 Å². The minimum Gasteiger partial charge on any atom is -0.504 e. The summed E-state index contributed by atoms with van der Waals surface area (Å²) >= 11 is 0. The van der Waals surface area contributed by atoms with E-state index in [2.05, 4.69) is 10.5 Å². The van der Waals surface area contributed by atoms with Gasteiger partial charge >= 0.3 is 12.1 Å². The number of hydrogen-bond acceptors (Lipinski definition) is 6. The first-order chi connectivity index (χ1) is 17.2. The number of nitrogens with one attached hydrogen (secondary N) is 1. The second kappa shape index (κ2) is 8.89. The molecule has 0 radical (unpaired) electrons. The molecule has 2 aromatic rings. The zero-order chi connectivity index (χ0) is 25.6. The fraction of sp³-hybridized carbons (Fsp3) is 0.320. The van der Waals surface area contributed by atoms with Crippen molar-refractivity contribution in [1.82, 2.24) is 10.2 Å². The number of rotatable bonds is 3. The highest BCUT2D eigenvalue weighted by atomic mass is 19.4. The predicted octanol–water partition coefficient (Wildman–Crippen LogP) is 4.07. The Kier molecular flexibility index (Phi) is 5.85. The van der Waals surface area contributed by atoms with Crippen molar-refractivity contribution in [2.45, 2.75) is 43.9 Å². The van der Waals surface area contributed by atoms with E-state index >= 15 is 0 Å². The zero-order valence-corrected chi connectivity index (χ0v) is 19.1. The number of piperidine rings is 1. The topological polar surface area (TPSA) is 100 Å². The van der Waals surface area contributed by atoms with Crippen molar-refractivity contribution in [1.29, 1.82) is 0 Å². The van der Waals surface area contributed by atoms with E-state index < -0.39 is 24.2 Å². The van der Waals surface area contributed by atoms with E-state index in [1.807, 2.05) is 0 Å². The van der Waals surface area contributed by atoms with Crippen molar-refractivity contribution >= 4 is 23.7 Å². The Hall–Kier alpha value is -4.02. The maximum absolute atomic E-state index is 13.2. The van der Waals surface area contributed by atoms with Crippen molar-refractivity contribution in [2.75, 3.05) is 7.11 Å². The molecule has 0 aromatic heterocycles. The summed E-state index contributed by atoms with van der Waals surface area (Å²) in [4.78, 5) is 28.9. The molecule has 0 saturated carbocycles. The lowest BCUT2D eigenvalue weighted by Crippen LogP contribution is -2.50. The number of nitrogens with zero attached hydrogens (tertiary/aromatic N) is 2. The Balaban J connectivity index is 1.62. The molecule has 2 fully saturated rings.